The second kappa shape index (κ2) is 11.6. The zero-order valence-corrected chi connectivity index (χ0v) is 24.0. The quantitative estimate of drug-likeness (QED) is 0.186. The molecule has 3 aromatic carbocycles. The van der Waals surface area contributed by atoms with Gasteiger partial charge in [0, 0.05) is 33.4 Å². The highest BCUT2D eigenvalue weighted by atomic mass is 16.5. The van der Waals surface area contributed by atoms with E-state index in [1.807, 2.05) is 25.2 Å². The van der Waals surface area contributed by atoms with Gasteiger partial charge in [0.2, 0.25) is 5.91 Å². The molecular weight excluding hydrogens is 522 g/mol. The third kappa shape index (κ3) is 4.65. The van der Waals surface area contributed by atoms with Crippen LogP contribution in [0.15, 0.2) is 122 Å². The Morgan fingerprint density at radius 1 is 0.905 bits per heavy atom. The summed E-state index contributed by atoms with van der Waals surface area (Å²) in [6.45, 7) is 4.80. The first-order chi connectivity index (χ1) is 20.6. The van der Waals surface area contributed by atoms with E-state index in [0.29, 0.717) is 13.1 Å². The van der Waals surface area contributed by atoms with Crippen LogP contribution in [-0.4, -0.2) is 64.7 Å². The second-order valence-corrected chi connectivity index (χ2v) is 10.7. The van der Waals surface area contributed by atoms with Crippen LogP contribution in [0, 0.1) is 0 Å². The van der Waals surface area contributed by atoms with Crippen LogP contribution in [-0.2, 0) is 15.1 Å². The molecule has 7 nitrogen and oxygen atoms in total. The van der Waals surface area contributed by atoms with E-state index in [-0.39, 0.29) is 18.1 Å². The molecule has 5 aromatic rings. The van der Waals surface area contributed by atoms with Crippen LogP contribution in [0.3, 0.4) is 0 Å². The topological polar surface area (TPSA) is 63.5 Å². The maximum absolute atomic E-state index is 12.6. The number of rotatable bonds is 8. The molecule has 6 rings (SSSR count). The average Bonchev–Trinajstić information content (AvgIpc) is 3.50. The van der Waals surface area contributed by atoms with Gasteiger partial charge in [0.25, 0.3) is 0 Å². The fraction of sp³-hybridized carbons (Fsp3) is 0.229. The standard InChI is InChI=1S/C35H35N5O2/c1-4-32(41)39-23-29(22-30(24-39)42-3)38(2)33-31-20-21-40(34(31)37-25-36-33)35(26-14-8-5-9-15-26,27-16-10-6-11-17-27)28-18-12-7-13-19-28/h4-21,25,29-30H,1,22-24H2,2-3H3/t29-,30-/m1/s1. The molecule has 2 atom stereocenters. The fourth-order valence-electron chi connectivity index (χ4n) is 6.41. The first kappa shape index (κ1) is 27.4. The average molecular weight is 558 g/mol. The number of carbonyl (C=O) groups excluding carboxylic acids is 1. The number of piperidine rings is 1. The van der Waals surface area contributed by atoms with Gasteiger partial charge >= 0.3 is 0 Å². The van der Waals surface area contributed by atoms with Crippen LogP contribution in [0.2, 0.25) is 0 Å². The molecule has 0 radical (unpaired) electrons. The van der Waals surface area contributed by atoms with Crippen molar-refractivity contribution < 1.29 is 9.53 Å². The zero-order chi connectivity index (χ0) is 29.1. The zero-order valence-electron chi connectivity index (χ0n) is 24.0. The van der Waals surface area contributed by atoms with Crippen molar-refractivity contribution in [3.8, 4) is 0 Å². The number of hydrogen-bond donors (Lipinski definition) is 0. The van der Waals surface area contributed by atoms with E-state index in [9.17, 15) is 4.79 Å². The molecule has 0 N–H and O–H groups in total. The second-order valence-electron chi connectivity index (χ2n) is 10.7. The molecule has 1 aliphatic rings. The molecule has 1 aliphatic heterocycles. The number of aromatic nitrogens is 3. The summed E-state index contributed by atoms with van der Waals surface area (Å²) in [6.07, 6.45) is 5.84. The highest BCUT2D eigenvalue weighted by molar-refractivity contribution is 5.89. The molecule has 0 spiro atoms. The summed E-state index contributed by atoms with van der Waals surface area (Å²) >= 11 is 0. The third-order valence-corrected chi connectivity index (χ3v) is 8.49. The van der Waals surface area contributed by atoms with E-state index in [4.69, 9.17) is 14.7 Å². The van der Waals surface area contributed by atoms with Crippen LogP contribution in [0.1, 0.15) is 23.1 Å². The number of benzene rings is 3. The van der Waals surface area contributed by atoms with Crippen molar-refractivity contribution >= 4 is 22.8 Å². The molecule has 212 valence electrons. The molecular formula is C35H35N5O2. The van der Waals surface area contributed by atoms with Crippen LogP contribution in [0.4, 0.5) is 5.82 Å². The molecule has 1 fully saturated rings. The van der Waals surface area contributed by atoms with E-state index >= 15 is 0 Å². The van der Waals surface area contributed by atoms with Crippen LogP contribution in [0.5, 0.6) is 0 Å². The Morgan fingerprint density at radius 3 is 2.00 bits per heavy atom. The lowest BCUT2D eigenvalue weighted by Crippen LogP contribution is -2.54. The van der Waals surface area contributed by atoms with E-state index in [2.05, 4.69) is 101 Å². The summed E-state index contributed by atoms with van der Waals surface area (Å²) in [7, 11) is 3.74. The lowest BCUT2D eigenvalue weighted by atomic mass is 9.76. The van der Waals surface area contributed by atoms with Crippen molar-refractivity contribution in [3.63, 3.8) is 0 Å². The Hall–Kier alpha value is -4.75. The number of methoxy groups -OCH3 is 1. The minimum atomic E-state index is -0.686. The summed E-state index contributed by atoms with van der Waals surface area (Å²) in [6, 6.07) is 33.8. The van der Waals surface area contributed by atoms with Crippen molar-refractivity contribution in [2.75, 3.05) is 32.1 Å². The molecule has 1 amide bonds. The van der Waals surface area contributed by atoms with Crippen LogP contribution in [0.25, 0.3) is 11.0 Å². The first-order valence-corrected chi connectivity index (χ1v) is 14.2. The van der Waals surface area contributed by atoms with Crippen molar-refractivity contribution in [2.45, 2.75) is 24.1 Å². The monoisotopic (exact) mass is 557 g/mol. The van der Waals surface area contributed by atoms with Gasteiger partial charge in [-0.25, -0.2) is 9.97 Å². The largest absolute Gasteiger partial charge is 0.380 e. The van der Waals surface area contributed by atoms with Gasteiger partial charge in [-0.15, -0.1) is 0 Å². The van der Waals surface area contributed by atoms with Gasteiger partial charge in [0.05, 0.1) is 17.5 Å². The smallest absolute Gasteiger partial charge is 0.246 e. The summed E-state index contributed by atoms with van der Waals surface area (Å²) in [4.78, 5) is 26.2. The van der Waals surface area contributed by atoms with Gasteiger partial charge < -0.3 is 19.1 Å². The summed E-state index contributed by atoms with van der Waals surface area (Å²) in [5.41, 5.74) is 3.52. The van der Waals surface area contributed by atoms with Crippen molar-refractivity contribution in [1.29, 1.82) is 0 Å². The third-order valence-electron chi connectivity index (χ3n) is 8.49. The lowest BCUT2D eigenvalue weighted by molar-refractivity contribution is -0.129. The van der Waals surface area contributed by atoms with E-state index < -0.39 is 5.54 Å². The highest BCUT2D eigenvalue weighted by Gasteiger charge is 2.40. The Morgan fingerprint density at radius 2 is 1.48 bits per heavy atom. The number of anilines is 1. The van der Waals surface area contributed by atoms with Crippen LogP contribution < -0.4 is 4.90 Å². The van der Waals surface area contributed by atoms with Gasteiger partial charge in [0.1, 0.15) is 23.3 Å². The first-order valence-electron chi connectivity index (χ1n) is 14.2. The normalized spacial score (nSPS) is 17.2. The molecule has 2 aromatic heterocycles. The number of ether oxygens (including phenoxy) is 1. The van der Waals surface area contributed by atoms with Crippen molar-refractivity contribution in [3.05, 3.63) is 139 Å². The molecule has 7 heteroatoms. The predicted octanol–water partition coefficient (Wildman–Crippen LogP) is 5.51. The number of likely N-dealkylation sites (tertiary alicyclic amines) is 1. The van der Waals surface area contributed by atoms with Crippen molar-refractivity contribution in [2.24, 2.45) is 0 Å². The minimum absolute atomic E-state index is 0.0103. The van der Waals surface area contributed by atoms with E-state index in [0.717, 1.165) is 40.0 Å². The van der Waals surface area contributed by atoms with Gasteiger partial charge in [-0.05, 0) is 35.3 Å². The van der Waals surface area contributed by atoms with E-state index in [1.165, 1.54) is 6.08 Å². The molecule has 0 unspecified atom stereocenters. The summed E-state index contributed by atoms with van der Waals surface area (Å²) < 4.78 is 8.00. The minimum Gasteiger partial charge on any atom is -0.380 e. The number of likely N-dealkylation sites (N-methyl/N-ethyl adjacent to an activating group) is 1. The SMILES string of the molecule is C=CC(=O)N1C[C@H](OC)C[C@@H](N(C)c2ncnc3c2ccn3C(c2ccccc2)(c2ccccc2)c2ccccc2)C1. The molecule has 0 aliphatic carbocycles. The van der Waals surface area contributed by atoms with Gasteiger partial charge in [-0.2, -0.15) is 0 Å². The maximum Gasteiger partial charge on any atom is 0.246 e. The summed E-state index contributed by atoms with van der Waals surface area (Å²) in [5, 5.41) is 0.938. The number of amides is 1. The molecule has 3 heterocycles. The van der Waals surface area contributed by atoms with Crippen LogP contribution >= 0.6 is 0 Å². The number of carbonyl (C=O) groups is 1. The Labute approximate surface area is 246 Å². The van der Waals surface area contributed by atoms with Gasteiger partial charge in [-0.3, -0.25) is 4.79 Å². The number of nitrogens with zero attached hydrogens (tertiary/aromatic N) is 5. The van der Waals surface area contributed by atoms with Crippen molar-refractivity contribution in [1.82, 2.24) is 19.4 Å². The van der Waals surface area contributed by atoms with E-state index in [1.54, 1.807) is 18.3 Å². The Bertz CT molecular complexity index is 1570. The molecule has 0 bridgehead atoms. The maximum atomic E-state index is 12.6. The van der Waals surface area contributed by atoms with Gasteiger partial charge in [-0.1, -0.05) is 97.6 Å². The molecule has 42 heavy (non-hydrogen) atoms. The lowest BCUT2D eigenvalue weighted by Gasteiger charge is -2.41. The highest BCUT2D eigenvalue weighted by Crippen LogP contribution is 2.43. The summed E-state index contributed by atoms with van der Waals surface area (Å²) in [5.74, 6) is 0.724. The Kier molecular flexibility index (Phi) is 7.59. The molecule has 1 saturated heterocycles. The van der Waals surface area contributed by atoms with Gasteiger partial charge in [0.15, 0.2) is 0 Å². The molecule has 0 saturated carbocycles. The predicted molar refractivity (Wildman–Crippen MR) is 167 cm³/mol. The number of fused-ring (bicyclic) bond motifs is 1. The Balaban J connectivity index is 1.53. The number of hydrogen-bond acceptors (Lipinski definition) is 5. The fourth-order valence-corrected chi connectivity index (χ4v) is 6.41.